The van der Waals surface area contributed by atoms with E-state index in [1.54, 1.807) is 22.9 Å². The summed E-state index contributed by atoms with van der Waals surface area (Å²) >= 11 is 4.61. The SMILES string of the molecule is NC(=S)N/N=C\c1cccn1-c1ccc(C(F)(F)F)cc1. The van der Waals surface area contributed by atoms with Gasteiger partial charge in [0.15, 0.2) is 5.11 Å². The monoisotopic (exact) mass is 312 g/mol. The summed E-state index contributed by atoms with van der Waals surface area (Å²) in [6, 6.07) is 8.34. The highest BCUT2D eigenvalue weighted by Crippen LogP contribution is 2.29. The summed E-state index contributed by atoms with van der Waals surface area (Å²) in [4.78, 5) is 0. The van der Waals surface area contributed by atoms with E-state index in [0.717, 1.165) is 12.1 Å². The third-order valence-corrected chi connectivity index (χ3v) is 2.72. The van der Waals surface area contributed by atoms with Gasteiger partial charge in [-0.05, 0) is 48.6 Å². The van der Waals surface area contributed by atoms with Gasteiger partial charge in [-0.15, -0.1) is 0 Å². The summed E-state index contributed by atoms with van der Waals surface area (Å²) in [5, 5.41) is 3.84. The Hall–Kier alpha value is -2.35. The fourth-order valence-corrected chi connectivity index (χ4v) is 1.76. The number of benzene rings is 1. The third-order valence-electron chi connectivity index (χ3n) is 2.62. The molecule has 0 bridgehead atoms. The number of thiocarbonyl (C=S) groups is 1. The second-order valence-corrected chi connectivity index (χ2v) is 4.52. The van der Waals surface area contributed by atoms with Gasteiger partial charge in [0.2, 0.25) is 0 Å². The van der Waals surface area contributed by atoms with Crippen LogP contribution in [0, 0.1) is 0 Å². The maximum atomic E-state index is 12.5. The van der Waals surface area contributed by atoms with Crippen LogP contribution < -0.4 is 11.2 Å². The van der Waals surface area contributed by atoms with Crippen LogP contribution in [0.2, 0.25) is 0 Å². The lowest BCUT2D eigenvalue weighted by atomic mass is 10.2. The van der Waals surface area contributed by atoms with Crippen molar-refractivity contribution in [1.82, 2.24) is 9.99 Å². The fourth-order valence-electron chi connectivity index (χ4n) is 1.71. The molecule has 0 atom stereocenters. The molecule has 1 aromatic heterocycles. The largest absolute Gasteiger partial charge is 0.416 e. The summed E-state index contributed by atoms with van der Waals surface area (Å²) in [7, 11) is 0. The molecule has 0 fully saturated rings. The van der Waals surface area contributed by atoms with Gasteiger partial charge in [0, 0.05) is 11.9 Å². The smallest absolute Gasteiger partial charge is 0.375 e. The summed E-state index contributed by atoms with van der Waals surface area (Å²) in [5.74, 6) is 0. The number of rotatable bonds is 3. The Balaban J connectivity index is 2.25. The molecule has 1 aromatic carbocycles. The first-order chi connectivity index (χ1) is 9.88. The summed E-state index contributed by atoms with van der Waals surface area (Å²) in [6.45, 7) is 0. The number of nitrogens with one attached hydrogen (secondary N) is 1. The first kappa shape index (κ1) is 15.0. The van der Waals surface area contributed by atoms with Gasteiger partial charge >= 0.3 is 6.18 Å². The normalized spacial score (nSPS) is 11.8. The standard InChI is InChI=1S/C13H11F3N4S/c14-13(15,16)9-3-5-10(6-4-9)20-7-1-2-11(20)8-18-19-12(17)21/h1-8H,(H3,17,19,21)/b18-8-. The van der Waals surface area contributed by atoms with E-state index in [4.69, 9.17) is 5.73 Å². The van der Waals surface area contributed by atoms with Crippen molar-refractivity contribution in [1.29, 1.82) is 0 Å². The van der Waals surface area contributed by atoms with Crippen LogP contribution in [0.15, 0.2) is 47.7 Å². The fraction of sp³-hybridized carbons (Fsp3) is 0.0769. The Labute approximate surface area is 124 Å². The molecule has 1 heterocycles. The minimum Gasteiger partial charge on any atom is -0.375 e. The highest BCUT2D eigenvalue weighted by atomic mass is 32.1. The molecule has 0 aliphatic heterocycles. The number of alkyl halides is 3. The van der Waals surface area contributed by atoms with Gasteiger partial charge in [-0.1, -0.05) is 0 Å². The molecule has 0 aliphatic rings. The van der Waals surface area contributed by atoms with Crippen molar-refractivity contribution in [3.8, 4) is 5.69 Å². The van der Waals surface area contributed by atoms with Crippen molar-refractivity contribution in [2.24, 2.45) is 10.8 Å². The Bertz CT molecular complexity index is 659. The second kappa shape index (κ2) is 5.96. The van der Waals surface area contributed by atoms with Gasteiger partial charge in [-0.25, -0.2) is 0 Å². The minimum absolute atomic E-state index is 0.0267. The van der Waals surface area contributed by atoms with Crippen LogP contribution in [0.4, 0.5) is 13.2 Å². The molecular formula is C13H11F3N4S. The number of hydrazone groups is 1. The zero-order valence-electron chi connectivity index (χ0n) is 10.6. The molecule has 2 rings (SSSR count). The van der Waals surface area contributed by atoms with E-state index in [-0.39, 0.29) is 5.11 Å². The van der Waals surface area contributed by atoms with Crippen molar-refractivity contribution in [2.75, 3.05) is 0 Å². The Kier molecular flexibility index (Phi) is 4.27. The quantitative estimate of drug-likeness (QED) is 0.520. The highest BCUT2D eigenvalue weighted by Gasteiger charge is 2.29. The molecule has 0 saturated carbocycles. The summed E-state index contributed by atoms with van der Waals surface area (Å²) in [5.41, 5.74) is 8.20. The maximum absolute atomic E-state index is 12.5. The Morgan fingerprint density at radius 3 is 2.48 bits per heavy atom. The third kappa shape index (κ3) is 3.82. The summed E-state index contributed by atoms with van der Waals surface area (Å²) < 4.78 is 39.3. The Morgan fingerprint density at radius 1 is 1.24 bits per heavy atom. The van der Waals surface area contributed by atoms with E-state index in [0.29, 0.717) is 11.4 Å². The van der Waals surface area contributed by atoms with Crippen LogP contribution in [-0.2, 0) is 6.18 Å². The van der Waals surface area contributed by atoms with Crippen molar-refractivity contribution >= 4 is 23.5 Å². The predicted molar refractivity (Wildman–Crippen MR) is 78.3 cm³/mol. The molecule has 0 unspecified atom stereocenters. The first-order valence-electron chi connectivity index (χ1n) is 5.81. The molecule has 0 amide bonds. The molecule has 2 aromatic rings. The molecule has 0 aliphatic carbocycles. The molecule has 3 N–H and O–H groups in total. The highest BCUT2D eigenvalue weighted by molar-refractivity contribution is 7.80. The van der Waals surface area contributed by atoms with E-state index in [9.17, 15) is 13.2 Å². The van der Waals surface area contributed by atoms with Crippen molar-refractivity contribution in [3.05, 3.63) is 53.9 Å². The molecular weight excluding hydrogens is 301 g/mol. The van der Waals surface area contributed by atoms with Gasteiger partial charge < -0.3 is 10.3 Å². The number of nitrogens with two attached hydrogens (primary N) is 1. The minimum atomic E-state index is -4.35. The van der Waals surface area contributed by atoms with Crippen molar-refractivity contribution < 1.29 is 13.2 Å². The number of aromatic nitrogens is 1. The molecule has 0 saturated heterocycles. The van der Waals surface area contributed by atoms with Crippen LogP contribution in [0.3, 0.4) is 0 Å². The van der Waals surface area contributed by atoms with Crippen LogP contribution in [-0.4, -0.2) is 15.9 Å². The van der Waals surface area contributed by atoms with E-state index in [1.807, 2.05) is 0 Å². The second-order valence-electron chi connectivity index (χ2n) is 4.08. The van der Waals surface area contributed by atoms with Crippen LogP contribution >= 0.6 is 12.2 Å². The van der Waals surface area contributed by atoms with Gasteiger partial charge in [-0.3, -0.25) is 5.43 Å². The lowest BCUT2D eigenvalue weighted by molar-refractivity contribution is -0.137. The van der Waals surface area contributed by atoms with E-state index in [1.165, 1.54) is 18.3 Å². The number of hydrogen-bond donors (Lipinski definition) is 2. The van der Waals surface area contributed by atoms with Gasteiger partial charge in [0.05, 0.1) is 17.5 Å². The average Bonchev–Trinajstić information content (AvgIpc) is 2.86. The number of hydrogen-bond acceptors (Lipinski definition) is 2. The molecule has 21 heavy (non-hydrogen) atoms. The van der Waals surface area contributed by atoms with Crippen LogP contribution in [0.1, 0.15) is 11.3 Å². The van der Waals surface area contributed by atoms with E-state index < -0.39 is 11.7 Å². The van der Waals surface area contributed by atoms with Gasteiger partial charge in [0.25, 0.3) is 0 Å². The lowest BCUT2D eigenvalue weighted by Crippen LogP contribution is -2.24. The lowest BCUT2D eigenvalue weighted by Gasteiger charge is -2.09. The number of nitrogens with zero attached hydrogens (tertiary/aromatic N) is 2. The van der Waals surface area contributed by atoms with Gasteiger partial charge in [0.1, 0.15) is 0 Å². The number of halogens is 3. The molecule has 0 spiro atoms. The van der Waals surface area contributed by atoms with Gasteiger partial charge in [-0.2, -0.15) is 18.3 Å². The maximum Gasteiger partial charge on any atom is 0.416 e. The Morgan fingerprint density at radius 2 is 1.90 bits per heavy atom. The van der Waals surface area contributed by atoms with Crippen molar-refractivity contribution in [2.45, 2.75) is 6.18 Å². The van der Waals surface area contributed by atoms with E-state index in [2.05, 4.69) is 22.7 Å². The average molecular weight is 312 g/mol. The van der Waals surface area contributed by atoms with Crippen molar-refractivity contribution in [3.63, 3.8) is 0 Å². The predicted octanol–water partition coefficient (Wildman–Crippen LogP) is 2.66. The van der Waals surface area contributed by atoms with Crippen LogP contribution in [0.25, 0.3) is 5.69 Å². The zero-order chi connectivity index (χ0) is 15.5. The zero-order valence-corrected chi connectivity index (χ0v) is 11.4. The molecule has 110 valence electrons. The topological polar surface area (TPSA) is 55.3 Å². The first-order valence-corrected chi connectivity index (χ1v) is 6.22. The molecule has 8 heteroatoms. The molecule has 4 nitrogen and oxygen atoms in total. The van der Waals surface area contributed by atoms with Crippen LogP contribution in [0.5, 0.6) is 0 Å². The molecule has 0 radical (unpaired) electrons. The van der Waals surface area contributed by atoms with E-state index >= 15 is 0 Å². The summed E-state index contributed by atoms with van der Waals surface area (Å²) in [6.07, 6.45) is -1.16.